The molecule has 1 N–H and O–H groups in total. The normalized spacial score (nSPS) is 10.6. The van der Waals surface area contributed by atoms with Crippen LogP contribution in [0.5, 0.6) is 5.75 Å². The fraction of sp³-hybridized carbons (Fsp3) is 0.400. The van der Waals surface area contributed by atoms with E-state index in [-0.39, 0.29) is 0 Å². The summed E-state index contributed by atoms with van der Waals surface area (Å²) in [6, 6.07) is 6.31. The first kappa shape index (κ1) is 13.6. The molecule has 0 radical (unpaired) electrons. The van der Waals surface area contributed by atoms with Gasteiger partial charge in [0, 0.05) is 31.0 Å². The second-order valence-electron chi connectivity index (χ2n) is 4.64. The summed E-state index contributed by atoms with van der Waals surface area (Å²) in [7, 11) is 1.95. The number of ether oxygens (including phenoxy) is 1. The molecule has 4 heteroatoms. The van der Waals surface area contributed by atoms with Gasteiger partial charge in [0.1, 0.15) is 5.75 Å². The van der Waals surface area contributed by atoms with Gasteiger partial charge in [-0.15, -0.1) is 0 Å². The second kappa shape index (κ2) is 6.95. The molecule has 0 fully saturated rings. The number of benzene rings is 1. The Morgan fingerprint density at radius 3 is 3.00 bits per heavy atom. The fourth-order valence-corrected chi connectivity index (χ4v) is 2.03. The van der Waals surface area contributed by atoms with E-state index in [1.165, 1.54) is 11.1 Å². The van der Waals surface area contributed by atoms with E-state index >= 15 is 0 Å². The Morgan fingerprint density at radius 2 is 2.26 bits per heavy atom. The number of rotatable bonds is 7. The van der Waals surface area contributed by atoms with Crippen molar-refractivity contribution in [3.63, 3.8) is 0 Å². The van der Waals surface area contributed by atoms with E-state index < -0.39 is 0 Å². The van der Waals surface area contributed by atoms with Crippen molar-refractivity contribution in [3.05, 3.63) is 48.0 Å². The molecule has 0 bridgehead atoms. The molecular weight excluding hydrogens is 238 g/mol. The zero-order valence-corrected chi connectivity index (χ0v) is 11.6. The third-order valence-corrected chi connectivity index (χ3v) is 2.96. The lowest BCUT2D eigenvalue weighted by Gasteiger charge is -2.12. The predicted octanol–water partition coefficient (Wildman–Crippen LogP) is 2.38. The van der Waals surface area contributed by atoms with Gasteiger partial charge in [-0.3, -0.25) is 0 Å². The van der Waals surface area contributed by atoms with Gasteiger partial charge in [0.25, 0.3) is 0 Å². The number of nitrogens with one attached hydrogen (secondary N) is 1. The van der Waals surface area contributed by atoms with Crippen molar-refractivity contribution in [2.24, 2.45) is 0 Å². The molecule has 1 aromatic carbocycles. The number of aromatic nitrogens is 2. The summed E-state index contributed by atoms with van der Waals surface area (Å²) in [6.07, 6.45) is 6.58. The molecule has 0 amide bonds. The smallest absolute Gasteiger partial charge is 0.123 e. The van der Waals surface area contributed by atoms with Gasteiger partial charge in [-0.05, 0) is 26.5 Å². The highest BCUT2D eigenvalue weighted by Crippen LogP contribution is 2.20. The monoisotopic (exact) mass is 259 g/mol. The van der Waals surface area contributed by atoms with E-state index in [0.29, 0.717) is 0 Å². The molecule has 0 aliphatic carbocycles. The largest absolute Gasteiger partial charge is 0.493 e. The van der Waals surface area contributed by atoms with Gasteiger partial charge in [-0.1, -0.05) is 17.7 Å². The number of aryl methyl sites for hydroxylation is 2. The van der Waals surface area contributed by atoms with Crippen molar-refractivity contribution in [1.29, 1.82) is 0 Å². The van der Waals surface area contributed by atoms with E-state index in [9.17, 15) is 0 Å². The van der Waals surface area contributed by atoms with Gasteiger partial charge in [-0.2, -0.15) is 0 Å². The van der Waals surface area contributed by atoms with E-state index in [0.717, 1.165) is 31.9 Å². The number of hydrogen-bond donors (Lipinski definition) is 1. The first-order valence-electron chi connectivity index (χ1n) is 6.62. The average molecular weight is 259 g/mol. The molecule has 4 nitrogen and oxygen atoms in total. The van der Waals surface area contributed by atoms with Crippen LogP contribution in [0.4, 0.5) is 0 Å². The van der Waals surface area contributed by atoms with Gasteiger partial charge in [0.2, 0.25) is 0 Å². The van der Waals surface area contributed by atoms with E-state index in [1.54, 1.807) is 6.20 Å². The highest BCUT2D eigenvalue weighted by molar-refractivity contribution is 5.36. The zero-order chi connectivity index (χ0) is 13.5. The van der Waals surface area contributed by atoms with Gasteiger partial charge in [-0.25, -0.2) is 4.98 Å². The van der Waals surface area contributed by atoms with Crippen LogP contribution in [0.25, 0.3) is 0 Å². The number of nitrogens with zero attached hydrogens (tertiary/aromatic N) is 2. The Balaban J connectivity index is 1.84. The first-order valence-corrected chi connectivity index (χ1v) is 6.62. The zero-order valence-electron chi connectivity index (χ0n) is 11.6. The number of hydrogen-bond acceptors (Lipinski definition) is 3. The molecule has 0 saturated heterocycles. The Kier molecular flexibility index (Phi) is 4.98. The van der Waals surface area contributed by atoms with Crippen LogP contribution in [0, 0.1) is 6.92 Å². The summed E-state index contributed by atoms with van der Waals surface area (Å²) in [5.41, 5.74) is 2.47. The van der Waals surface area contributed by atoms with Crippen LogP contribution < -0.4 is 10.1 Å². The topological polar surface area (TPSA) is 39.1 Å². The molecule has 0 spiro atoms. The summed E-state index contributed by atoms with van der Waals surface area (Å²) in [6.45, 7) is 4.59. The average Bonchev–Trinajstić information content (AvgIpc) is 2.90. The van der Waals surface area contributed by atoms with Crippen LogP contribution in [0.15, 0.2) is 36.9 Å². The van der Waals surface area contributed by atoms with E-state index in [4.69, 9.17) is 4.74 Å². The fourth-order valence-electron chi connectivity index (χ4n) is 2.03. The predicted molar refractivity (Wildman–Crippen MR) is 76.3 cm³/mol. The lowest BCUT2D eigenvalue weighted by Crippen LogP contribution is -2.09. The maximum atomic E-state index is 5.87. The van der Waals surface area contributed by atoms with Crippen LogP contribution in [0.3, 0.4) is 0 Å². The minimum atomic E-state index is 0.720. The molecule has 1 heterocycles. The van der Waals surface area contributed by atoms with Crippen molar-refractivity contribution in [2.45, 2.75) is 26.4 Å². The van der Waals surface area contributed by atoms with Gasteiger partial charge in [0.05, 0.1) is 12.9 Å². The van der Waals surface area contributed by atoms with Crippen LogP contribution in [0.2, 0.25) is 0 Å². The molecule has 0 aliphatic heterocycles. The molecule has 0 unspecified atom stereocenters. The van der Waals surface area contributed by atoms with Crippen LogP contribution in [0.1, 0.15) is 17.5 Å². The van der Waals surface area contributed by atoms with Crippen molar-refractivity contribution >= 4 is 0 Å². The summed E-state index contributed by atoms with van der Waals surface area (Å²) in [4.78, 5) is 4.02. The van der Waals surface area contributed by atoms with Gasteiger partial charge >= 0.3 is 0 Å². The van der Waals surface area contributed by atoms with E-state index in [2.05, 4.69) is 40.0 Å². The van der Waals surface area contributed by atoms with Crippen LogP contribution >= 0.6 is 0 Å². The molecule has 0 saturated carbocycles. The lowest BCUT2D eigenvalue weighted by molar-refractivity contribution is 0.298. The van der Waals surface area contributed by atoms with E-state index in [1.807, 2.05) is 19.6 Å². The highest BCUT2D eigenvalue weighted by Gasteiger charge is 2.03. The molecule has 19 heavy (non-hydrogen) atoms. The molecular formula is C15H21N3O. The number of imidazole rings is 1. The summed E-state index contributed by atoms with van der Waals surface area (Å²) in [5.74, 6) is 0.977. The maximum absolute atomic E-state index is 5.87. The van der Waals surface area contributed by atoms with Crippen molar-refractivity contribution in [1.82, 2.24) is 14.9 Å². The van der Waals surface area contributed by atoms with Crippen molar-refractivity contribution in [2.75, 3.05) is 13.7 Å². The standard InChI is InChI=1S/C15H21N3O/c1-13-4-5-15(14(10-13)11-16-2)19-9-3-7-18-8-6-17-12-18/h4-6,8,10,12,16H,3,7,9,11H2,1-2H3. The Labute approximate surface area is 114 Å². The van der Waals surface area contributed by atoms with Gasteiger partial charge in [0.15, 0.2) is 0 Å². The second-order valence-corrected chi connectivity index (χ2v) is 4.64. The minimum Gasteiger partial charge on any atom is -0.493 e. The Bertz CT molecular complexity index is 494. The quantitative estimate of drug-likeness (QED) is 0.776. The van der Waals surface area contributed by atoms with Gasteiger partial charge < -0.3 is 14.6 Å². The van der Waals surface area contributed by atoms with Crippen LogP contribution in [-0.4, -0.2) is 23.2 Å². The molecule has 0 atom stereocenters. The summed E-state index contributed by atoms with van der Waals surface area (Å²) in [5, 5.41) is 3.17. The molecule has 102 valence electrons. The third kappa shape index (κ3) is 4.10. The van der Waals surface area contributed by atoms with Crippen molar-refractivity contribution < 1.29 is 4.74 Å². The molecule has 1 aromatic heterocycles. The first-order chi connectivity index (χ1) is 9.29. The highest BCUT2D eigenvalue weighted by atomic mass is 16.5. The maximum Gasteiger partial charge on any atom is 0.123 e. The Morgan fingerprint density at radius 1 is 1.37 bits per heavy atom. The summed E-state index contributed by atoms with van der Waals surface area (Å²) >= 11 is 0. The van der Waals surface area contributed by atoms with Crippen molar-refractivity contribution in [3.8, 4) is 5.75 Å². The molecule has 0 aliphatic rings. The minimum absolute atomic E-state index is 0.720. The molecule has 2 rings (SSSR count). The SMILES string of the molecule is CNCc1cc(C)ccc1OCCCn1ccnc1. The summed E-state index contributed by atoms with van der Waals surface area (Å²) < 4.78 is 7.93. The lowest BCUT2D eigenvalue weighted by atomic mass is 10.1. The van der Waals surface area contributed by atoms with Crippen LogP contribution in [-0.2, 0) is 13.1 Å². The third-order valence-electron chi connectivity index (χ3n) is 2.96. The Hall–Kier alpha value is -1.81. The molecule has 2 aromatic rings.